The maximum atomic E-state index is 12.3. The Balaban J connectivity index is 0.000000882. The van der Waals surface area contributed by atoms with Crippen LogP contribution >= 0.6 is 24.8 Å². The van der Waals surface area contributed by atoms with Gasteiger partial charge in [0.05, 0.1) is 12.5 Å². The number of nitrogens with zero attached hydrogens (tertiary/aromatic N) is 2. The number of halogens is 2. The molecule has 0 spiro atoms. The van der Waals surface area contributed by atoms with Crippen molar-refractivity contribution in [3.63, 3.8) is 0 Å². The zero-order valence-corrected chi connectivity index (χ0v) is 13.7. The zero-order valence-electron chi connectivity index (χ0n) is 12.0. The Morgan fingerprint density at radius 1 is 1.32 bits per heavy atom. The van der Waals surface area contributed by atoms with Crippen molar-refractivity contribution in [3.05, 3.63) is 30.3 Å². The second kappa shape index (κ2) is 6.86. The number of carbonyl (C=O) groups excluding carboxylic acids is 1. The highest BCUT2D eigenvalue weighted by atomic mass is 35.5. The van der Waals surface area contributed by atoms with Gasteiger partial charge in [-0.05, 0) is 44.0 Å². The van der Waals surface area contributed by atoms with Crippen LogP contribution in [0.2, 0.25) is 0 Å². The molecule has 1 unspecified atom stereocenters. The number of fused-ring (bicyclic) bond motifs is 4. The minimum absolute atomic E-state index is 0. The Labute approximate surface area is 141 Å². The molecule has 2 aromatic heterocycles. The molecule has 22 heavy (non-hydrogen) atoms. The van der Waals surface area contributed by atoms with Gasteiger partial charge in [-0.15, -0.1) is 24.8 Å². The van der Waals surface area contributed by atoms with Crippen molar-refractivity contribution < 1.29 is 9.21 Å². The van der Waals surface area contributed by atoms with Crippen LogP contribution < -0.4 is 5.32 Å². The van der Waals surface area contributed by atoms with E-state index in [1.807, 2.05) is 6.07 Å². The van der Waals surface area contributed by atoms with Gasteiger partial charge >= 0.3 is 0 Å². The summed E-state index contributed by atoms with van der Waals surface area (Å²) >= 11 is 0. The van der Waals surface area contributed by atoms with Gasteiger partial charge in [0.15, 0.2) is 5.58 Å². The number of pyridine rings is 1. The molecular weight excluding hydrogens is 325 g/mol. The lowest BCUT2D eigenvalue weighted by atomic mass is 9.84. The number of amides is 1. The topological polar surface area (TPSA) is 58.4 Å². The predicted molar refractivity (Wildman–Crippen MR) is 88.9 cm³/mol. The lowest BCUT2D eigenvalue weighted by molar-refractivity contribution is 0.0618. The van der Waals surface area contributed by atoms with Crippen LogP contribution in [0, 0.1) is 5.92 Å². The summed E-state index contributed by atoms with van der Waals surface area (Å²) in [5, 5.41) is 4.07. The Kier molecular flexibility index (Phi) is 5.32. The van der Waals surface area contributed by atoms with Crippen LogP contribution in [0.3, 0.4) is 0 Å². The Morgan fingerprint density at radius 2 is 2.09 bits per heavy atom. The van der Waals surface area contributed by atoms with Crippen molar-refractivity contribution in [2.45, 2.75) is 18.9 Å². The highest BCUT2D eigenvalue weighted by molar-refractivity contribution is 5.95. The van der Waals surface area contributed by atoms with Gasteiger partial charge in [0.25, 0.3) is 5.91 Å². The van der Waals surface area contributed by atoms with Crippen molar-refractivity contribution in [1.29, 1.82) is 0 Å². The first kappa shape index (κ1) is 17.1. The molecule has 3 aliphatic heterocycles. The van der Waals surface area contributed by atoms with Crippen LogP contribution in [0.5, 0.6) is 0 Å². The molecule has 3 saturated heterocycles. The maximum absolute atomic E-state index is 12.3. The first-order valence-electron chi connectivity index (χ1n) is 7.16. The summed E-state index contributed by atoms with van der Waals surface area (Å²) in [5.74, 6) is 0.549. The summed E-state index contributed by atoms with van der Waals surface area (Å²) in [4.78, 5) is 18.9. The van der Waals surface area contributed by atoms with E-state index in [9.17, 15) is 4.79 Å². The highest BCUT2D eigenvalue weighted by Gasteiger charge is 2.35. The summed E-state index contributed by atoms with van der Waals surface area (Å²) in [7, 11) is 0. The monoisotopic (exact) mass is 343 g/mol. The smallest absolute Gasteiger partial charge is 0.270 e. The van der Waals surface area contributed by atoms with E-state index in [0.717, 1.165) is 11.9 Å². The summed E-state index contributed by atoms with van der Waals surface area (Å²) in [6.07, 6.45) is 5.61. The molecule has 3 aliphatic rings. The second-order valence-electron chi connectivity index (χ2n) is 5.75. The first-order valence-corrected chi connectivity index (χ1v) is 7.16. The minimum atomic E-state index is -0.0770. The van der Waals surface area contributed by atoms with Gasteiger partial charge < -0.3 is 14.6 Å². The Bertz CT molecular complexity index is 653. The Morgan fingerprint density at radius 3 is 2.77 bits per heavy atom. The molecule has 7 heteroatoms. The van der Waals surface area contributed by atoms with Crippen molar-refractivity contribution in [3.8, 4) is 0 Å². The number of carbonyl (C=O) groups is 1. The van der Waals surface area contributed by atoms with E-state index in [4.69, 9.17) is 4.42 Å². The summed E-state index contributed by atoms with van der Waals surface area (Å²) < 4.78 is 5.24. The second-order valence-corrected chi connectivity index (χ2v) is 5.75. The molecule has 0 radical (unpaired) electrons. The standard InChI is InChI=1S/C15H17N3O2.2ClH/c19-15(12-7-11-3-6-20-14(11)8-16-12)17-13-9-18-4-1-10(13)2-5-18;;/h3,6-8,10,13H,1-2,4-5,9H2,(H,17,19);2*1H. The SMILES string of the molecule is Cl.Cl.O=C(NC1CN2CCC1CC2)c1cc2ccoc2cn1. The van der Waals surface area contributed by atoms with Gasteiger partial charge in [-0.3, -0.25) is 4.79 Å². The summed E-state index contributed by atoms with van der Waals surface area (Å²) in [6, 6.07) is 3.91. The quantitative estimate of drug-likeness (QED) is 0.909. The molecule has 1 amide bonds. The van der Waals surface area contributed by atoms with Crippen LogP contribution in [0.4, 0.5) is 0 Å². The number of hydrogen-bond acceptors (Lipinski definition) is 4. The first-order chi connectivity index (χ1) is 9.79. The van der Waals surface area contributed by atoms with E-state index in [0.29, 0.717) is 17.2 Å². The number of hydrogen-bond donors (Lipinski definition) is 1. The van der Waals surface area contributed by atoms with Crippen molar-refractivity contribution in [1.82, 2.24) is 15.2 Å². The minimum Gasteiger partial charge on any atom is -0.463 e. The third-order valence-electron chi connectivity index (χ3n) is 4.55. The van der Waals surface area contributed by atoms with Crippen LogP contribution in [0.1, 0.15) is 23.3 Å². The molecular formula is C15H19Cl2N3O2. The van der Waals surface area contributed by atoms with Gasteiger partial charge in [-0.25, -0.2) is 4.98 Å². The van der Waals surface area contributed by atoms with E-state index in [2.05, 4.69) is 15.2 Å². The van der Waals surface area contributed by atoms with Gasteiger partial charge in [0, 0.05) is 18.0 Å². The van der Waals surface area contributed by atoms with Gasteiger partial charge in [0.1, 0.15) is 5.69 Å². The zero-order chi connectivity index (χ0) is 13.5. The molecule has 1 N–H and O–H groups in total. The molecule has 2 aromatic rings. The molecule has 0 aromatic carbocycles. The lowest BCUT2D eigenvalue weighted by Crippen LogP contribution is -2.57. The third kappa shape index (κ3) is 3.07. The molecule has 3 fully saturated rings. The van der Waals surface area contributed by atoms with Crippen molar-refractivity contribution in [2.75, 3.05) is 19.6 Å². The van der Waals surface area contributed by atoms with E-state index in [1.165, 1.54) is 25.9 Å². The molecule has 0 aliphatic carbocycles. The van der Waals surface area contributed by atoms with E-state index >= 15 is 0 Å². The fourth-order valence-corrected chi connectivity index (χ4v) is 3.36. The Hall–Kier alpha value is -1.30. The number of furan rings is 1. The lowest BCUT2D eigenvalue weighted by Gasteiger charge is -2.44. The molecule has 120 valence electrons. The summed E-state index contributed by atoms with van der Waals surface area (Å²) in [5.41, 5.74) is 1.18. The molecule has 2 bridgehead atoms. The molecule has 5 heterocycles. The van der Waals surface area contributed by atoms with E-state index in [-0.39, 0.29) is 36.8 Å². The average Bonchev–Trinajstić information content (AvgIpc) is 2.96. The average molecular weight is 344 g/mol. The van der Waals surface area contributed by atoms with Crippen LogP contribution in [0.25, 0.3) is 11.0 Å². The van der Waals surface area contributed by atoms with Gasteiger partial charge in [0.2, 0.25) is 0 Å². The number of piperidine rings is 3. The normalized spacial score (nSPS) is 26.1. The van der Waals surface area contributed by atoms with Crippen LogP contribution in [-0.2, 0) is 0 Å². The van der Waals surface area contributed by atoms with Crippen molar-refractivity contribution >= 4 is 41.7 Å². The number of aromatic nitrogens is 1. The number of rotatable bonds is 2. The largest absolute Gasteiger partial charge is 0.463 e. The molecule has 5 rings (SSSR count). The van der Waals surface area contributed by atoms with E-state index < -0.39 is 0 Å². The maximum Gasteiger partial charge on any atom is 0.270 e. The molecule has 5 nitrogen and oxygen atoms in total. The summed E-state index contributed by atoms with van der Waals surface area (Å²) in [6.45, 7) is 3.33. The van der Waals surface area contributed by atoms with Crippen LogP contribution in [-0.4, -0.2) is 41.5 Å². The third-order valence-corrected chi connectivity index (χ3v) is 4.55. The van der Waals surface area contributed by atoms with Gasteiger partial charge in [-0.1, -0.05) is 0 Å². The highest BCUT2D eigenvalue weighted by Crippen LogP contribution is 2.27. The van der Waals surface area contributed by atoms with E-state index in [1.54, 1.807) is 18.5 Å². The molecule has 0 saturated carbocycles. The molecule has 1 atom stereocenters. The van der Waals surface area contributed by atoms with Gasteiger partial charge in [-0.2, -0.15) is 0 Å². The number of nitrogens with one attached hydrogen (secondary N) is 1. The predicted octanol–water partition coefficient (Wildman–Crippen LogP) is 2.50. The van der Waals surface area contributed by atoms with Crippen molar-refractivity contribution in [2.24, 2.45) is 5.92 Å². The van der Waals surface area contributed by atoms with Crippen LogP contribution in [0.15, 0.2) is 29.0 Å². The fourth-order valence-electron chi connectivity index (χ4n) is 3.36. The fraction of sp³-hybridized carbons (Fsp3) is 0.467.